The first-order valence-electron chi connectivity index (χ1n) is 6.75. The summed E-state index contributed by atoms with van der Waals surface area (Å²) in [5.74, 6) is 0. The van der Waals surface area contributed by atoms with E-state index in [2.05, 4.69) is 21.0 Å². The van der Waals surface area contributed by atoms with E-state index in [1.807, 2.05) is 0 Å². The van der Waals surface area contributed by atoms with Crippen molar-refractivity contribution in [2.45, 2.75) is 15.0 Å². The summed E-state index contributed by atoms with van der Waals surface area (Å²) in [7, 11) is -5.76. The van der Waals surface area contributed by atoms with Gasteiger partial charge in [0, 0.05) is 11.1 Å². The number of hydrogen-bond acceptors (Lipinski definition) is 6. The average molecular weight is 389 g/mol. The molecule has 0 atom stereocenters. The predicted octanol–water partition coefficient (Wildman–Crippen LogP) is 1.46. The number of benzene rings is 2. The van der Waals surface area contributed by atoms with Crippen molar-refractivity contribution in [3.8, 4) is 0 Å². The first kappa shape index (κ1) is 18.9. The molecule has 0 fully saturated rings. The van der Waals surface area contributed by atoms with Gasteiger partial charge in [0.1, 0.15) is 9.79 Å². The van der Waals surface area contributed by atoms with Gasteiger partial charge in [-0.05, 0) is 24.8 Å². The zero-order valence-electron chi connectivity index (χ0n) is 13.0. The van der Waals surface area contributed by atoms with Gasteiger partial charge in [-0.25, -0.2) is 0 Å². The third-order valence-electron chi connectivity index (χ3n) is 3.44. The summed E-state index contributed by atoms with van der Waals surface area (Å²) in [6, 6.07) is 12.4. The summed E-state index contributed by atoms with van der Waals surface area (Å²) >= 11 is 3.46. The van der Waals surface area contributed by atoms with E-state index < -0.39 is 25.5 Å². The van der Waals surface area contributed by atoms with Crippen LogP contribution in [-0.2, 0) is 41.2 Å². The van der Waals surface area contributed by atoms with Crippen molar-refractivity contribution >= 4 is 32.9 Å². The molecule has 0 saturated heterocycles. The molecular weight excluding hydrogens is 372 g/mol. The fraction of sp³-hybridized carbons (Fsp3) is 0.200. The average Bonchev–Trinajstić information content (AvgIpc) is 2.61. The lowest BCUT2D eigenvalue weighted by Crippen LogP contribution is -2.13. The van der Waals surface area contributed by atoms with E-state index in [0.717, 1.165) is 14.2 Å². The first-order chi connectivity index (χ1) is 11.2. The Hall–Kier alpha value is -1.39. The molecule has 0 unspecified atom stereocenters. The fourth-order valence-corrected chi connectivity index (χ4v) is 4.75. The zero-order chi connectivity index (χ0) is 18.0. The van der Waals surface area contributed by atoms with Crippen molar-refractivity contribution in [3.05, 3.63) is 59.7 Å². The standard InChI is InChI=1S/C15H16O6S3/c1-20-23(16,17)13-9-5-3-7-11(13)15(22)12-8-4-6-10-14(12)24(18,19)21-2/h3-10,15,22H,1-2H3/p+1. The fourth-order valence-electron chi connectivity index (χ4n) is 2.24. The lowest BCUT2D eigenvalue weighted by molar-refractivity contribution is 0.397. The lowest BCUT2D eigenvalue weighted by Gasteiger charge is -2.14. The molecule has 0 bridgehead atoms. The monoisotopic (exact) mass is 389 g/mol. The highest BCUT2D eigenvalue weighted by Gasteiger charge is 2.30. The SMILES string of the molecule is COS(=O)(=O)c1ccccc1C([SH2+])c1ccccc1S(=O)(=O)OC. The Kier molecular flexibility index (Phi) is 5.71. The van der Waals surface area contributed by atoms with Gasteiger partial charge < -0.3 is 0 Å². The molecule has 0 heterocycles. The van der Waals surface area contributed by atoms with Gasteiger partial charge >= 0.3 is 0 Å². The van der Waals surface area contributed by atoms with E-state index in [1.54, 1.807) is 36.4 Å². The second-order valence-corrected chi connectivity index (χ2v) is 8.69. The molecule has 0 spiro atoms. The maximum atomic E-state index is 12.1. The quantitative estimate of drug-likeness (QED) is 0.549. The molecule has 0 aliphatic rings. The second-order valence-electron chi connectivity index (χ2n) is 4.75. The Morgan fingerprint density at radius 1 is 0.750 bits per heavy atom. The molecule has 130 valence electrons. The molecule has 0 saturated carbocycles. The highest BCUT2D eigenvalue weighted by atomic mass is 32.2. The van der Waals surface area contributed by atoms with Crippen molar-refractivity contribution in [3.63, 3.8) is 0 Å². The highest BCUT2D eigenvalue weighted by molar-refractivity contribution is 7.87. The van der Waals surface area contributed by atoms with E-state index >= 15 is 0 Å². The van der Waals surface area contributed by atoms with E-state index in [9.17, 15) is 16.8 Å². The summed E-state index contributed by atoms with van der Waals surface area (Å²) in [4.78, 5) is -0.0887. The van der Waals surface area contributed by atoms with Crippen LogP contribution in [0.2, 0.25) is 0 Å². The minimum Gasteiger partial charge on any atom is -0.270 e. The second kappa shape index (κ2) is 7.24. The van der Waals surface area contributed by atoms with Gasteiger partial charge in [0.05, 0.1) is 14.2 Å². The van der Waals surface area contributed by atoms with Crippen LogP contribution in [0.25, 0.3) is 0 Å². The molecule has 0 aliphatic carbocycles. The Bertz CT molecular complexity index is 858. The van der Waals surface area contributed by atoms with E-state index in [0.29, 0.717) is 11.1 Å². The van der Waals surface area contributed by atoms with Crippen molar-refractivity contribution in [1.82, 2.24) is 0 Å². The first-order valence-corrected chi connectivity index (χ1v) is 10.1. The molecule has 6 nitrogen and oxygen atoms in total. The van der Waals surface area contributed by atoms with Gasteiger partial charge in [0.15, 0.2) is 5.25 Å². The molecule has 0 aromatic heterocycles. The van der Waals surface area contributed by atoms with Crippen molar-refractivity contribution in [2.75, 3.05) is 14.2 Å². The van der Waals surface area contributed by atoms with Gasteiger partial charge in [-0.2, -0.15) is 16.8 Å². The Balaban J connectivity index is 2.67. The van der Waals surface area contributed by atoms with Gasteiger partial charge in [-0.1, -0.05) is 36.4 Å². The molecule has 2 aromatic carbocycles. The predicted molar refractivity (Wildman–Crippen MR) is 93.3 cm³/mol. The third-order valence-corrected chi connectivity index (χ3v) is 6.76. The van der Waals surface area contributed by atoms with Crippen LogP contribution in [-0.4, -0.2) is 31.1 Å². The Morgan fingerprint density at radius 2 is 1.08 bits per heavy atom. The minimum absolute atomic E-state index is 0.0443. The largest absolute Gasteiger partial charge is 0.297 e. The summed E-state index contributed by atoms with van der Waals surface area (Å²) in [5.41, 5.74) is 0.713. The van der Waals surface area contributed by atoms with Crippen LogP contribution in [0.3, 0.4) is 0 Å². The van der Waals surface area contributed by atoms with Crippen LogP contribution >= 0.6 is 0 Å². The molecule has 2 rings (SSSR count). The van der Waals surface area contributed by atoms with Gasteiger partial charge in [0.25, 0.3) is 20.2 Å². The summed E-state index contributed by atoms with van der Waals surface area (Å²) in [6.45, 7) is 0. The molecule has 0 amide bonds. The lowest BCUT2D eigenvalue weighted by atomic mass is 10.0. The third kappa shape index (κ3) is 3.65. The zero-order valence-corrected chi connectivity index (χ0v) is 15.6. The van der Waals surface area contributed by atoms with Crippen LogP contribution in [0, 0.1) is 0 Å². The van der Waals surface area contributed by atoms with Crippen molar-refractivity contribution in [1.29, 1.82) is 0 Å². The van der Waals surface area contributed by atoms with Crippen LogP contribution in [0.5, 0.6) is 0 Å². The maximum Gasteiger partial charge on any atom is 0.297 e. The number of hydrogen-bond donors (Lipinski definition) is 0. The summed E-state index contributed by atoms with van der Waals surface area (Å²) in [6.07, 6.45) is 0. The molecule has 24 heavy (non-hydrogen) atoms. The van der Waals surface area contributed by atoms with Gasteiger partial charge in [0.2, 0.25) is 0 Å². The highest BCUT2D eigenvalue weighted by Crippen LogP contribution is 2.33. The molecule has 0 N–H and O–H groups in total. The number of rotatable bonds is 6. The normalized spacial score (nSPS) is 12.5. The van der Waals surface area contributed by atoms with Crippen LogP contribution in [0.15, 0.2) is 58.3 Å². The molecular formula is C15H17O6S3+. The maximum absolute atomic E-state index is 12.1. The van der Waals surface area contributed by atoms with Gasteiger partial charge in [-0.15, -0.1) is 0 Å². The molecule has 9 heteroatoms. The van der Waals surface area contributed by atoms with E-state index in [4.69, 9.17) is 0 Å². The summed E-state index contributed by atoms with van der Waals surface area (Å²) < 4.78 is 57.6. The van der Waals surface area contributed by atoms with Crippen LogP contribution in [0.1, 0.15) is 16.4 Å². The molecule has 0 aliphatic heterocycles. The van der Waals surface area contributed by atoms with Crippen LogP contribution < -0.4 is 0 Å². The molecule has 2 aromatic rings. The summed E-state index contributed by atoms with van der Waals surface area (Å²) in [5, 5.41) is -0.702. The Labute approximate surface area is 147 Å². The minimum atomic E-state index is -3.95. The topological polar surface area (TPSA) is 86.7 Å². The van der Waals surface area contributed by atoms with E-state index in [1.165, 1.54) is 12.1 Å². The van der Waals surface area contributed by atoms with Gasteiger partial charge in [-0.3, -0.25) is 8.37 Å². The van der Waals surface area contributed by atoms with Crippen molar-refractivity contribution in [2.24, 2.45) is 0 Å². The molecule has 0 radical (unpaired) electrons. The smallest absolute Gasteiger partial charge is 0.270 e. The Morgan fingerprint density at radius 3 is 1.42 bits per heavy atom. The van der Waals surface area contributed by atoms with Crippen LogP contribution in [0.4, 0.5) is 0 Å². The van der Waals surface area contributed by atoms with E-state index in [-0.39, 0.29) is 9.79 Å². The van der Waals surface area contributed by atoms with Crippen molar-refractivity contribution < 1.29 is 25.2 Å².